The van der Waals surface area contributed by atoms with Crippen LogP contribution in [-0.4, -0.2) is 0 Å². The van der Waals surface area contributed by atoms with Crippen LogP contribution < -0.4 is 0 Å². The lowest BCUT2D eigenvalue weighted by Gasteiger charge is -2.29. The minimum Gasteiger partial charge on any atom is -0.206 e. The molecule has 0 saturated heterocycles. The lowest BCUT2D eigenvalue weighted by Crippen LogP contribution is -2.13. The van der Waals surface area contributed by atoms with Crippen LogP contribution in [0, 0.1) is 36.1 Å². The largest absolute Gasteiger partial charge is 0.206 e. The highest BCUT2D eigenvalue weighted by Crippen LogP contribution is 2.39. The quantitative estimate of drug-likeness (QED) is 0.149. The molecule has 0 heterocycles. The lowest BCUT2D eigenvalue weighted by molar-refractivity contribution is 0.301. The van der Waals surface area contributed by atoms with Crippen molar-refractivity contribution < 1.29 is 17.6 Å². The van der Waals surface area contributed by atoms with Crippen molar-refractivity contribution in [2.45, 2.75) is 116 Å². The summed E-state index contributed by atoms with van der Waals surface area (Å²) in [6, 6.07) is 5.45. The van der Waals surface area contributed by atoms with Crippen molar-refractivity contribution >= 4 is 0 Å². The van der Waals surface area contributed by atoms with E-state index >= 15 is 0 Å². The zero-order valence-electron chi connectivity index (χ0n) is 21.6. The summed E-state index contributed by atoms with van der Waals surface area (Å²) in [4.78, 5) is 0. The molecule has 1 saturated carbocycles. The van der Waals surface area contributed by atoms with Crippen LogP contribution in [-0.2, 0) is 0 Å². The van der Waals surface area contributed by atoms with Crippen LogP contribution in [0.4, 0.5) is 17.6 Å². The molecule has 0 nitrogen and oxygen atoms in total. The molecular weight excluding hydrogens is 448 g/mol. The molecule has 2 aromatic carbocycles. The third-order valence-corrected chi connectivity index (χ3v) is 7.89. The maximum atomic E-state index is 14.9. The van der Waals surface area contributed by atoms with Crippen molar-refractivity contribution in [3.05, 3.63) is 58.7 Å². The normalized spacial score (nSPS) is 18.2. The Morgan fingerprint density at radius 3 is 1.89 bits per heavy atom. The molecule has 0 unspecified atom stereocenters. The van der Waals surface area contributed by atoms with Gasteiger partial charge in [-0.3, -0.25) is 0 Å². The molecular formula is C31H42F4. The summed E-state index contributed by atoms with van der Waals surface area (Å²) in [5, 5.41) is 0. The van der Waals surface area contributed by atoms with Crippen LogP contribution >= 0.6 is 0 Å². The van der Waals surface area contributed by atoms with Gasteiger partial charge in [0.25, 0.3) is 0 Å². The number of benzene rings is 2. The van der Waals surface area contributed by atoms with Gasteiger partial charge in [-0.25, -0.2) is 17.6 Å². The molecule has 3 rings (SSSR count). The molecule has 0 amide bonds. The lowest BCUT2D eigenvalue weighted by atomic mass is 9.77. The molecule has 1 aliphatic rings. The summed E-state index contributed by atoms with van der Waals surface area (Å²) >= 11 is 0. The van der Waals surface area contributed by atoms with E-state index in [1.54, 1.807) is 6.07 Å². The molecule has 4 heteroatoms. The smallest absolute Gasteiger partial charge is 0.169 e. The highest BCUT2D eigenvalue weighted by Gasteiger charge is 2.25. The van der Waals surface area contributed by atoms with Crippen molar-refractivity contribution in [1.29, 1.82) is 0 Å². The van der Waals surface area contributed by atoms with Gasteiger partial charge in [0.2, 0.25) is 0 Å². The molecule has 2 aromatic rings. The van der Waals surface area contributed by atoms with E-state index in [9.17, 15) is 17.6 Å². The molecule has 1 aliphatic carbocycles. The summed E-state index contributed by atoms with van der Waals surface area (Å²) < 4.78 is 57.5. The monoisotopic (exact) mass is 490 g/mol. The van der Waals surface area contributed by atoms with Gasteiger partial charge in [-0.15, -0.1) is 0 Å². The van der Waals surface area contributed by atoms with Crippen molar-refractivity contribution in [2.24, 2.45) is 5.92 Å². The molecule has 0 aliphatic heterocycles. The number of hydrogen-bond acceptors (Lipinski definition) is 0. The fourth-order valence-corrected chi connectivity index (χ4v) is 5.65. The summed E-state index contributed by atoms with van der Waals surface area (Å²) in [6.45, 7) is 3.55. The third-order valence-electron chi connectivity index (χ3n) is 7.89. The molecule has 0 bridgehead atoms. The van der Waals surface area contributed by atoms with Crippen LogP contribution in [0.5, 0.6) is 0 Å². The molecule has 0 radical (unpaired) electrons. The van der Waals surface area contributed by atoms with Crippen LogP contribution in [0.25, 0.3) is 11.1 Å². The van der Waals surface area contributed by atoms with E-state index in [-0.39, 0.29) is 17.0 Å². The number of aryl methyl sites for hydroxylation is 1. The Morgan fingerprint density at radius 2 is 1.29 bits per heavy atom. The Morgan fingerprint density at radius 1 is 0.686 bits per heavy atom. The number of halogens is 4. The van der Waals surface area contributed by atoms with Gasteiger partial charge in [0.05, 0.1) is 5.56 Å². The second-order valence-corrected chi connectivity index (χ2v) is 10.6. The van der Waals surface area contributed by atoms with Gasteiger partial charge in [0.1, 0.15) is 11.6 Å². The van der Waals surface area contributed by atoms with E-state index in [0.29, 0.717) is 0 Å². The van der Waals surface area contributed by atoms with Gasteiger partial charge < -0.3 is 0 Å². The predicted molar refractivity (Wildman–Crippen MR) is 138 cm³/mol. The predicted octanol–water partition coefficient (Wildman–Crippen LogP) is 10.8. The Bertz CT molecular complexity index is 928. The van der Waals surface area contributed by atoms with Crippen LogP contribution in [0.3, 0.4) is 0 Å². The highest BCUT2D eigenvalue weighted by molar-refractivity contribution is 5.66. The Hall–Kier alpha value is -1.84. The van der Waals surface area contributed by atoms with Gasteiger partial charge in [0.15, 0.2) is 11.6 Å². The van der Waals surface area contributed by atoms with Gasteiger partial charge in [-0.05, 0) is 67.7 Å². The molecule has 35 heavy (non-hydrogen) atoms. The van der Waals surface area contributed by atoms with Crippen molar-refractivity contribution in [3.63, 3.8) is 0 Å². The number of unbranched alkanes of at least 4 members (excludes halogenated alkanes) is 9. The first-order chi connectivity index (χ1) is 16.9. The average Bonchev–Trinajstić information content (AvgIpc) is 2.85. The zero-order valence-corrected chi connectivity index (χ0v) is 21.6. The number of rotatable bonds is 13. The van der Waals surface area contributed by atoms with Crippen molar-refractivity contribution in [2.75, 3.05) is 0 Å². The van der Waals surface area contributed by atoms with E-state index in [1.807, 2.05) is 0 Å². The van der Waals surface area contributed by atoms with Gasteiger partial charge in [-0.2, -0.15) is 0 Å². The van der Waals surface area contributed by atoms with Crippen LogP contribution in [0.15, 0.2) is 24.3 Å². The van der Waals surface area contributed by atoms with Crippen molar-refractivity contribution in [3.8, 4) is 11.1 Å². The van der Waals surface area contributed by atoms with Crippen LogP contribution in [0.2, 0.25) is 0 Å². The summed E-state index contributed by atoms with van der Waals surface area (Å²) in [5.41, 5.74) is -0.109. The molecule has 1 fully saturated rings. The second-order valence-electron chi connectivity index (χ2n) is 10.6. The van der Waals surface area contributed by atoms with Gasteiger partial charge in [0, 0.05) is 5.56 Å². The standard InChI is InChI=1S/C31H42F4/c1-3-4-5-6-7-8-9-10-11-12-13-23-14-16-24(17-15-23)25-18-19-26(27(32)21-25)29-28(33)20-22(2)30(34)31(29)35/h18-21,23-24H,3-17H2,1-2H3. The van der Waals surface area contributed by atoms with Gasteiger partial charge >= 0.3 is 0 Å². The fraction of sp³-hybridized carbons (Fsp3) is 0.613. The third kappa shape index (κ3) is 7.82. The maximum Gasteiger partial charge on any atom is 0.169 e. The summed E-state index contributed by atoms with van der Waals surface area (Å²) in [7, 11) is 0. The first-order valence-corrected chi connectivity index (χ1v) is 13.9. The maximum absolute atomic E-state index is 14.9. The summed E-state index contributed by atoms with van der Waals surface area (Å²) in [5.74, 6) is -3.08. The molecule has 0 spiro atoms. The SMILES string of the molecule is CCCCCCCCCCCCC1CCC(c2ccc(-c3c(F)cc(C)c(F)c3F)c(F)c2)CC1. The average molecular weight is 491 g/mol. The molecule has 0 N–H and O–H groups in total. The van der Waals surface area contributed by atoms with E-state index in [1.165, 1.54) is 89.7 Å². The second kappa shape index (κ2) is 14.0. The Balaban J connectivity index is 1.42. The van der Waals surface area contributed by atoms with E-state index < -0.39 is 28.8 Å². The first-order valence-electron chi connectivity index (χ1n) is 13.9. The summed E-state index contributed by atoms with van der Waals surface area (Å²) in [6.07, 6.45) is 19.2. The minimum absolute atomic E-state index is 0.129. The minimum atomic E-state index is -1.33. The van der Waals surface area contributed by atoms with Crippen LogP contribution in [0.1, 0.15) is 120 Å². The molecule has 194 valence electrons. The topological polar surface area (TPSA) is 0 Å². The first kappa shape index (κ1) is 27.7. The number of hydrogen-bond donors (Lipinski definition) is 0. The van der Waals surface area contributed by atoms with Gasteiger partial charge in [-0.1, -0.05) is 89.7 Å². The van der Waals surface area contributed by atoms with E-state index in [4.69, 9.17) is 0 Å². The highest BCUT2D eigenvalue weighted by atomic mass is 19.2. The van der Waals surface area contributed by atoms with E-state index in [0.717, 1.165) is 43.2 Å². The molecule has 0 atom stereocenters. The Labute approximate surface area is 209 Å². The van der Waals surface area contributed by atoms with E-state index in [2.05, 4.69) is 6.92 Å². The van der Waals surface area contributed by atoms with Crippen molar-refractivity contribution in [1.82, 2.24) is 0 Å². The Kier molecular flexibility index (Phi) is 11.1. The molecule has 0 aromatic heterocycles. The fourth-order valence-electron chi connectivity index (χ4n) is 5.65. The zero-order chi connectivity index (χ0) is 25.2.